The van der Waals surface area contributed by atoms with Crippen LogP contribution in [-0.2, 0) is 0 Å². The van der Waals surface area contributed by atoms with E-state index in [-0.39, 0.29) is 0 Å². The van der Waals surface area contributed by atoms with Crippen LogP contribution >= 0.6 is 0 Å². The van der Waals surface area contributed by atoms with Crippen LogP contribution in [0.5, 0.6) is 0 Å². The Kier molecular flexibility index (Phi) is 2.60. The summed E-state index contributed by atoms with van der Waals surface area (Å²) in [5.41, 5.74) is 5.26. The highest BCUT2D eigenvalue weighted by Crippen LogP contribution is 2.60. The van der Waals surface area contributed by atoms with Gasteiger partial charge in [-0.25, -0.2) is 0 Å². The number of allylic oxidation sites excluding steroid dienone is 4. The predicted molar refractivity (Wildman–Crippen MR) is 70.9 cm³/mol. The first-order valence-electron chi connectivity index (χ1n) is 6.24. The van der Waals surface area contributed by atoms with E-state index >= 15 is 0 Å². The molecule has 1 heteroatoms. The van der Waals surface area contributed by atoms with E-state index in [1.165, 1.54) is 24.0 Å². The van der Waals surface area contributed by atoms with Gasteiger partial charge in [0.15, 0.2) is 0 Å². The minimum atomic E-state index is 0.350. The van der Waals surface area contributed by atoms with E-state index in [1.807, 2.05) is 13.3 Å². The summed E-state index contributed by atoms with van der Waals surface area (Å²) in [4.78, 5) is 4.19. The van der Waals surface area contributed by atoms with Crippen molar-refractivity contribution in [3.8, 4) is 0 Å². The lowest BCUT2D eigenvalue weighted by atomic mass is 9.62. The van der Waals surface area contributed by atoms with Crippen molar-refractivity contribution in [3.63, 3.8) is 0 Å². The molecule has 1 saturated carbocycles. The lowest BCUT2D eigenvalue weighted by molar-refractivity contribution is 0.165. The van der Waals surface area contributed by atoms with E-state index in [0.717, 1.165) is 6.42 Å². The molecule has 0 N–H and O–H groups in total. The topological polar surface area (TPSA) is 12.4 Å². The molecule has 1 nitrogen and oxygen atoms in total. The fourth-order valence-electron chi connectivity index (χ4n) is 3.20. The fraction of sp³-hybridized carbons (Fsp3) is 0.667. The van der Waals surface area contributed by atoms with Crippen molar-refractivity contribution in [1.29, 1.82) is 0 Å². The van der Waals surface area contributed by atoms with Crippen LogP contribution in [0.15, 0.2) is 27.8 Å². The van der Waals surface area contributed by atoms with Crippen molar-refractivity contribution in [3.05, 3.63) is 22.8 Å². The summed E-state index contributed by atoms with van der Waals surface area (Å²) in [5.74, 6) is 0. The van der Waals surface area contributed by atoms with Gasteiger partial charge in [-0.1, -0.05) is 32.4 Å². The number of hydrogen-bond donors (Lipinski definition) is 0. The van der Waals surface area contributed by atoms with Crippen LogP contribution in [0.4, 0.5) is 0 Å². The molecular formula is C15H23N. The van der Waals surface area contributed by atoms with Crippen LogP contribution in [-0.4, -0.2) is 13.3 Å². The van der Waals surface area contributed by atoms with Gasteiger partial charge in [-0.05, 0) is 48.2 Å². The summed E-state index contributed by atoms with van der Waals surface area (Å²) >= 11 is 0. The van der Waals surface area contributed by atoms with Gasteiger partial charge in [0.2, 0.25) is 0 Å². The molecule has 0 amide bonds. The van der Waals surface area contributed by atoms with Crippen molar-refractivity contribution in [1.82, 2.24) is 0 Å². The lowest BCUT2D eigenvalue weighted by Gasteiger charge is -2.42. The Bertz CT molecular complexity index is 396. The second-order valence-electron chi connectivity index (χ2n) is 6.16. The molecule has 0 radical (unpaired) electrons. The minimum absolute atomic E-state index is 0.350. The molecular weight excluding hydrogens is 194 g/mol. The summed E-state index contributed by atoms with van der Waals surface area (Å²) in [6, 6.07) is 0. The summed E-state index contributed by atoms with van der Waals surface area (Å²) in [7, 11) is 1.86. The van der Waals surface area contributed by atoms with Crippen LogP contribution < -0.4 is 0 Å². The molecule has 0 bridgehead atoms. The molecule has 0 aromatic carbocycles. The summed E-state index contributed by atoms with van der Waals surface area (Å²) in [5, 5.41) is 0. The first kappa shape index (κ1) is 11.6. The number of hydrogen-bond acceptors (Lipinski definition) is 1. The number of fused-ring (bicyclic) bond motifs is 1. The molecule has 2 aliphatic rings. The van der Waals surface area contributed by atoms with Crippen molar-refractivity contribution in [2.75, 3.05) is 7.05 Å². The summed E-state index contributed by atoms with van der Waals surface area (Å²) in [6.07, 6.45) is 8.21. The third-order valence-electron chi connectivity index (χ3n) is 4.95. The fourth-order valence-corrected chi connectivity index (χ4v) is 3.20. The van der Waals surface area contributed by atoms with Gasteiger partial charge in [0.1, 0.15) is 0 Å². The smallest absolute Gasteiger partial charge is 0.0277 e. The average Bonchev–Trinajstić information content (AvgIpc) is 2.41. The Morgan fingerprint density at radius 2 is 2.00 bits per heavy atom. The van der Waals surface area contributed by atoms with E-state index in [1.54, 1.807) is 5.57 Å². The maximum absolute atomic E-state index is 4.19. The monoisotopic (exact) mass is 217 g/mol. The van der Waals surface area contributed by atoms with Gasteiger partial charge in [-0.3, -0.25) is 4.99 Å². The molecule has 0 aromatic heterocycles. The molecule has 0 heterocycles. The Hall–Kier alpha value is -0.850. The van der Waals surface area contributed by atoms with Gasteiger partial charge in [0.25, 0.3) is 0 Å². The molecule has 88 valence electrons. The third kappa shape index (κ3) is 1.49. The maximum atomic E-state index is 4.19. The molecule has 0 spiro atoms. The van der Waals surface area contributed by atoms with Gasteiger partial charge in [0, 0.05) is 13.3 Å². The molecule has 0 saturated heterocycles. The minimum Gasteiger partial charge on any atom is -0.296 e. The zero-order valence-electron chi connectivity index (χ0n) is 11.2. The first-order chi connectivity index (χ1) is 7.40. The standard InChI is InChI=1S/C15H23N/c1-11-8-13-6-7-14(2,3)15(13,4)9-12(11)10-16-5/h8,10H,6-7,9H2,1-5H3. The third-order valence-corrected chi connectivity index (χ3v) is 4.95. The van der Waals surface area contributed by atoms with Crippen molar-refractivity contribution in [2.24, 2.45) is 15.8 Å². The molecule has 1 unspecified atom stereocenters. The first-order valence-corrected chi connectivity index (χ1v) is 6.24. The van der Waals surface area contributed by atoms with Gasteiger partial charge in [-0.15, -0.1) is 0 Å². The predicted octanol–water partition coefficient (Wildman–Crippen LogP) is 4.16. The normalized spacial score (nSPS) is 33.2. The molecule has 2 aliphatic carbocycles. The maximum Gasteiger partial charge on any atom is 0.0277 e. The summed E-state index contributed by atoms with van der Waals surface area (Å²) in [6.45, 7) is 9.47. The van der Waals surface area contributed by atoms with Gasteiger partial charge in [-0.2, -0.15) is 0 Å². The Morgan fingerprint density at radius 3 is 2.62 bits per heavy atom. The number of rotatable bonds is 1. The van der Waals surface area contributed by atoms with E-state index in [0.29, 0.717) is 10.8 Å². The van der Waals surface area contributed by atoms with E-state index < -0.39 is 0 Å². The van der Waals surface area contributed by atoms with Crippen LogP contribution in [0.3, 0.4) is 0 Å². The largest absolute Gasteiger partial charge is 0.296 e. The molecule has 2 rings (SSSR count). The highest BCUT2D eigenvalue weighted by Gasteiger charge is 2.49. The lowest BCUT2D eigenvalue weighted by Crippen LogP contribution is -2.33. The van der Waals surface area contributed by atoms with E-state index in [4.69, 9.17) is 0 Å². The average molecular weight is 217 g/mol. The molecule has 0 aromatic rings. The number of aliphatic imine (C=N–C) groups is 1. The van der Waals surface area contributed by atoms with Crippen molar-refractivity contribution >= 4 is 6.21 Å². The van der Waals surface area contributed by atoms with E-state index in [9.17, 15) is 0 Å². The zero-order valence-corrected chi connectivity index (χ0v) is 11.2. The highest BCUT2D eigenvalue weighted by molar-refractivity contribution is 5.81. The molecule has 16 heavy (non-hydrogen) atoms. The van der Waals surface area contributed by atoms with Gasteiger partial charge in [0.05, 0.1) is 0 Å². The van der Waals surface area contributed by atoms with E-state index in [2.05, 4.69) is 38.8 Å². The highest BCUT2D eigenvalue weighted by atomic mass is 14.6. The second kappa shape index (κ2) is 3.58. The SMILES string of the molecule is CN=CC1=C(C)C=C2CCC(C)(C)C2(C)C1. The Morgan fingerprint density at radius 1 is 1.31 bits per heavy atom. The molecule has 0 aliphatic heterocycles. The van der Waals surface area contributed by atoms with Crippen LogP contribution in [0.2, 0.25) is 0 Å². The van der Waals surface area contributed by atoms with Gasteiger partial charge >= 0.3 is 0 Å². The van der Waals surface area contributed by atoms with Crippen LogP contribution in [0, 0.1) is 10.8 Å². The number of nitrogens with zero attached hydrogens (tertiary/aromatic N) is 1. The van der Waals surface area contributed by atoms with Crippen LogP contribution in [0.25, 0.3) is 0 Å². The quantitative estimate of drug-likeness (QED) is 0.585. The Balaban J connectivity index is 2.44. The summed E-state index contributed by atoms with van der Waals surface area (Å²) < 4.78 is 0. The van der Waals surface area contributed by atoms with Gasteiger partial charge < -0.3 is 0 Å². The Labute approximate surface area is 99.4 Å². The van der Waals surface area contributed by atoms with Crippen molar-refractivity contribution in [2.45, 2.75) is 47.0 Å². The van der Waals surface area contributed by atoms with Crippen LogP contribution in [0.1, 0.15) is 47.0 Å². The molecule has 1 atom stereocenters. The molecule has 1 fully saturated rings. The second-order valence-corrected chi connectivity index (χ2v) is 6.16. The van der Waals surface area contributed by atoms with Crippen molar-refractivity contribution < 1.29 is 0 Å². The zero-order chi connectivity index (χ0) is 12.0.